The second-order valence-electron chi connectivity index (χ2n) is 2.61. The zero-order chi connectivity index (χ0) is 7.61. The maximum Gasteiger partial charge on any atom is 0.305 e. The molecule has 1 aliphatic rings. The number of nitrogens with zero attached hydrogens (tertiary/aromatic N) is 2. The third-order valence-corrected chi connectivity index (χ3v) is 1.99. The van der Waals surface area contributed by atoms with Gasteiger partial charge in [0.25, 0.3) is 0 Å². The molecule has 1 rings (SSSR count). The molecule has 4 heteroatoms. The van der Waals surface area contributed by atoms with E-state index < -0.39 is 10.5 Å². The summed E-state index contributed by atoms with van der Waals surface area (Å²) in [6.45, 7) is 0. The average molecular weight is 140 g/mol. The number of hydrogen-bond acceptors (Lipinski definition) is 3. The molecule has 1 saturated carbocycles. The van der Waals surface area contributed by atoms with Crippen LogP contribution >= 0.6 is 0 Å². The van der Waals surface area contributed by atoms with Crippen LogP contribution in [-0.4, -0.2) is 10.5 Å². The fourth-order valence-corrected chi connectivity index (χ4v) is 1.30. The largest absolute Gasteiger partial charge is 0.305 e. The quantitative estimate of drug-likeness (QED) is 0.404. The monoisotopic (exact) mass is 140 g/mol. The fourth-order valence-electron chi connectivity index (χ4n) is 1.30. The number of hydrogen-bond donors (Lipinski definition) is 0. The molecule has 10 heavy (non-hydrogen) atoms. The van der Waals surface area contributed by atoms with E-state index in [1.165, 1.54) is 0 Å². The highest BCUT2D eigenvalue weighted by atomic mass is 16.6. The topological polar surface area (TPSA) is 66.9 Å². The predicted molar refractivity (Wildman–Crippen MR) is 33.8 cm³/mol. The first-order valence-corrected chi connectivity index (χ1v) is 3.27. The van der Waals surface area contributed by atoms with Crippen LogP contribution in [0, 0.1) is 21.4 Å². The van der Waals surface area contributed by atoms with E-state index in [0.29, 0.717) is 12.8 Å². The Bertz CT molecular complexity index is 188. The highest BCUT2D eigenvalue weighted by Gasteiger charge is 2.45. The van der Waals surface area contributed by atoms with E-state index in [0.717, 1.165) is 12.8 Å². The first-order chi connectivity index (χ1) is 4.71. The normalized spacial score (nSPS) is 21.9. The van der Waals surface area contributed by atoms with Crippen LogP contribution in [0.2, 0.25) is 0 Å². The summed E-state index contributed by atoms with van der Waals surface area (Å²) in [5.41, 5.74) is -1.24. The van der Waals surface area contributed by atoms with Crippen LogP contribution in [0.25, 0.3) is 0 Å². The lowest BCUT2D eigenvalue weighted by atomic mass is 10.0. The minimum atomic E-state index is -1.24. The summed E-state index contributed by atoms with van der Waals surface area (Å²) in [7, 11) is 0. The van der Waals surface area contributed by atoms with E-state index in [1.807, 2.05) is 0 Å². The zero-order valence-corrected chi connectivity index (χ0v) is 5.54. The van der Waals surface area contributed by atoms with Crippen LogP contribution in [0.1, 0.15) is 25.7 Å². The van der Waals surface area contributed by atoms with Crippen LogP contribution in [0.4, 0.5) is 0 Å². The molecule has 0 aromatic heterocycles. The van der Waals surface area contributed by atoms with Gasteiger partial charge in [0.05, 0.1) is 0 Å². The molecule has 0 amide bonds. The molecular weight excluding hydrogens is 132 g/mol. The fraction of sp³-hybridized carbons (Fsp3) is 0.833. The van der Waals surface area contributed by atoms with Crippen LogP contribution in [0.15, 0.2) is 0 Å². The van der Waals surface area contributed by atoms with E-state index >= 15 is 0 Å². The summed E-state index contributed by atoms with van der Waals surface area (Å²) >= 11 is 0. The Morgan fingerprint density at radius 2 is 2.00 bits per heavy atom. The molecule has 0 bridgehead atoms. The summed E-state index contributed by atoms with van der Waals surface area (Å²) in [6, 6.07) is 1.78. The van der Waals surface area contributed by atoms with Crippen molar-refractivity contribution in [2.45, 2.75) is 31.2 Å². The van der Waals surface area contributed by atoms with Crippen LogP contribution in [0.3, 0.4) is 0 Å². The van der Waals surface area contributed by atoms with Gasteiger partial charge in [-0.1, -0.05) is 0 Å². The average Bonchev–Trinajstić information content (AvgIpc) is 2.35. The van der Waals surface area contributed by atoms with E-state index in [2.05, 4.69) is 0 Å². The Hall–Kier alpha value is -1.11. The van der Waals surface area contributed by atoms with E-state index in [-0.39, 0.29) is 0 Å². The van der Waals surface area contributed by atoms with Crippen molar-refractivity contribution < 1.29 is 4.92 Å². The van der Waals surface area contributed by atoms with Crippen molar-refractivity contribution in [1.82, 2.24) is 0 Å². The molecule has 0 aromatic carbocycles. The maximum atomic E-state index is 10.3. The number of nitriles is 1. The van der Waals surface area contributed by atoms with Crippen LogP contribution < -0.4 is 0 Å². The summed E-state index contributed by atoms with van der Waals surface area (Å²) in [6.07, 6.45) is 2.48. The standard InChI is InChI=1S/C6H8N2O2/c7-5-6(8(9)10)3-1-2-4-6/h1-4H2. The van der Waals surface area contributed by atoms with Gasteiger partial charge in [0.2, 0.25) is 0 Å². The lowest BCUT2D eigenvalue weighted by molar-refractivity contribution is -0.550. The zero-order valence-electron chi connectivity index (χ0n) is 5.54. The van der Waals surface area contributed by atoms with Gasteiger partial charge in [-0.2, -0.15) is 5.26 Å². The second kappa shape index (κ2) is 2.25. The van der Waals surface area contributed by atoms with Crippen molar-refractivity contribution in [3.8, 4) is 6.07 Å². The van der Waals surface area contributed by atoms with Crippen molar-refractivity contribution in [2.75, 3.05) is 0 Å². The molecule has 0 N–H and O–H groups in total. The third kappa shape index (κ3) is 0.838. The van der Waals surface area contributed by atoms with Crippen molar-refractivity contribution in [1.29, 1.82) is 5.26 Å². The van der Waals surface area contributed by atoms with Gasteiger partial charge in [-0.15, -0.1) is 0 Å². The molecule has 0 heterocycles. The summed E-state index contributed by atoms with van der Waals surface area (Å²) < 4.78 is 0. The summed E-state index contributed by atoms with van der Waals surface area (Å²) in [4.78, 5) is 9.89. The minimum Gasteiger partial charge on any atom is -0.263 e. The SMILES string of the molecule is N#CC1([N+](=O)[O-])CCCC1. The van der Waals surface area contributed by atoms with E-state index in [4.69, 9.17) is 5.26 Å². The molecule has 1 fully saturated rings. The Morgan fingerprint density at radius 1 is 1.50 bits per heavy atom. The third-order valence-electron chi connectivity index (χ3n) is 1.99. The predicted octanol–water partition coefficient (Wildman–Crippen LogP) is 1.10. The Labute approximate surface area is 58.6 Å². The number of nitro groups is 1. The molecule has 0 aliphatic heterocycles. The van der Waals surface area contributed by atoms with Crippen molar-refractivity contribution in [2.24, 2.45) is 0 Å². The summed E-state index contributed by atoms with van der Waals surface area (Å²) in [5, 5.41) is 18.8. The molecule has 0 aromatic rings. The Kier molecular flexibility index (Phi) is 1.58. The molecule has 0 saturated heterocycles. The van der Waals surface area contributed by atoms with Gasteiger partial charge in [0, 0.05) is 17.8 Å². The first kappa shape index (κ1) is 7.00. The second-order valence-corrected chi connectivity index (χ2v) is 2.61. The highest BCUT2D eigenvalue weighted by molar-refractivity contribution is 5.03. The molecule has 4 nitrogen and oxygen atoms in total. The molecule has 54 valence electrons. The lowest BCUT2D eigenvalue weighted by Gasteiger charge is -2.08. The van der Waals surface area contributed by atoms with Crippen LogP contribution in [0.5, 0.6) is 0 Å². The molecule has 0 atom stereocenters. The molecule has 0 radical (unpaired) electrons. The van der Waals surface area contributed by atoms with Crippen molar-refractivity contribution in [3.05, 3.63) is 10.1 Å². The number of rotatable bonds is 1. The molecule has 0 unspecified atom stereocenters. The van der Waals surface area contributed by atoms with Gasteiger partial charge in [0.1, 0.15) is 6.07 Å². The van der Waals surface area contributed by atoms with E-state index in [1.54, 1.807) is 6.07 Å². The van der Waals surface area contributed by atoms with Crippen LogP contribution in [-0.2, 0) is 0 Å². The van der Waals surface area contributed by atoms with Gasteiger partial charge < -0.3 is 0 Å². The minimum absolute atomic E-state index is 0.427. The lowest BCUT2D eigenvalue weighted by Crippen LogP contribution is -2.32. The molecule has 1 aliphatic carbocycles. The van der Waals surface area contributed by atoms with Crippen molar-refractivity contribution >= 4 is 0 Å². The molecule has 0 spiro atoms. The van der Waals surface area contributed by atoms with Gasteiger partial charge in [-0.05, 0) is 12.8 Å². The van der Waals surface area contributed by atoms with Crippen molar-refractivity contribution in [3.63, 3.8) is 0 Å². The van der Waals surface area contributed by atoms with Gasteiger partial charge in [0.15, 0.2) is 0 Å². The van der Waals surface area contributed by atoms with E-state index in [9.17, 15) is 10.1 Å². The Balaban J connectivity index is 2.80. The molecular formula is C6H8N2O2. The van der Waals surface area contributed by atoms with Gasteiger partial charge in [-0.25, -0.2) is 0 Å². The maximum absolute atomic E-state index is 10.3. The summed E-state index contributed by atoms with van der Waals surface area (Å²) in [5.74, 6) is 0. The van der Waals surface area contributed by atoms with Gasteiger partial charge >= 0.3 is 5.54 Å². The van der Waals surface area contributed by atoms with Gasteiger partial charge in [-0.3, -0.25) is 10.1 Å². The highest BCUT2D eigenvalue weighted by Crippen LogP contribution is 2.31. The first-order valence-electron chi connectivity index (χ1n) is 3.27. The Morgan fingerprint density at radius 3 is 2.20 bits per heavy atom. The smallest absolute Gasteiger partial charge is 0.263 e.